The SMILES string of the molecule is Cc1cc(Cl)ccc1NCC(=O)N/N=C\c1cc([N+](=O)[O-])ccc1O. The topological polar surface area (TPSA) is 117 Å². The van der Waals surface area contributed by atoms with Crippen LogP contribution in [0.1, 0.15) is 11.1 Å². The third-order valence-electron chi connectivity index (χ3n) is 3.24. The molecule has 9 heteroatoms. The zero-order chi connectivity index (χ0) is 18.4. The smallest absolute Gasteiger partial charge is 0.270 e. The summed E-state index contributed by atoms with van der Waals surface area (Å²) in [6.45, 7) is 1.83. The fourth-order valence-corrected chi connectivity index (χ4v) is 2.20. The quantitative estimate of drug-likeness (QED) is 0.415. The zero-order valence-corrected chi connectivity index (χ0v) is 13.9. The van der Waals surface area contributed by atoms with Crippen LogP contribution < -0.4 is 10.7 Å². The van der Waals surface area contributed by atoms with E-state index < -0.39 is 10.8 Å². The van der Waals surface area contributed by atoms with Gasteiger partial charge in [-0.1, -0.05) is 11.6 Å². The number of phenols is 1. The Labute approximate surface area is 148 Å². The third kappa shape index (κ3) is 5.18. The second-order valence-electron chi connectivity index (χ2n) is 5.11. The lowest BCUT2D eigenvalue weighted by Gasteiger charge is -2.08. The summed E-state index contributed by atoms with van der Waals surface area (Å²) in [5.41, 5.74) is 3.86. The van der Waals surface area contributed by atoms with E-state index in [4.69, 9.17) is 11.6 Å². The number of anilines is 1. The average molecular weight is 363 g/mol. The van der Waals surface area contributed by atoms with Gasteiger partial charge in [0.15, 0.2) is 0 Å². The number of rotatable bonds is 6. The number of aromatic hydroxyl groups is 1. The second-order valence-corrected chi connectivity index (χ2v) is 5.54. The number of phenolic OH excluding ortho intramolecular Hbond substituents is 1. The number of hydrogen-bond acceptors (Lipinski definition) is 6. The number of aryl methyl sites for hydroxylation is 1. The van der Waals surface area contributed by atoms with Gasteiger partial charge >= 0.3 is 0 Å². The maximum Gasteiger partial charge on any atom is 0.270 e. The van der Waals surface area contributed by atoms with Crippen LogP contribution in [0.5, 0.6) is 5.75 Å². The van der Waals surface area contributed by atoms with E-state index in [-0.39, 0.29) is 23.5 Å². The highest BCUT2D eigenvalue weighted by molar-refractivity contribution is 6.30. The number of benzene rings is 2. The second kappa shape index (κ2) is 8.11. The molecule has 0 saturated carbocycles. The molecule has 0 spiro atoms. The minimum Gasteiger partial charge on any atom is -0.507 e. The molecule has 0 saturated heterocycles. The molecule has 8 nitrogen and oxygen atoms in total. The molecule has 0 radical (unpaired) electrons. The van der Waals surface area contributed by atoms with Crippen molar-refractivity contribution in [3.63, 3.8) is 0 Å². The third-order valence-corrected chi connectivity index (χ3v) is 3.48. The van der Waals surface area contributed by atoms with E-state index in [1.165, 1.54) is 12.1 Å². The first-order chi connectivity index (χ1) is 11.9. The van der Waals surface area contributed by atoms with Gasteiger partial charge in [-0.3, -0.25) is 14.9 Å². The molecule has 3 N–H and O–H groups in total. The molecule has 130 valence electrons. The molecule has 0 aromatic heterocycles. The number of nitro groups is 1. The van der Waals surface area contributed by atoms with Crippen LogP contribution in [0.3, 0.4) is 0 Å². The van der Waals surface area contributed by atoms with Crippen LogP contribution >= 0.6 is 11.6 Å². The lowest BCUT2D eigenvalue weighted by Crippen LogP contribution is -2.26. The standard InChI is InChI=1S/C16H15ClN4O4/c1-10-6-12(17)2-4-14(10)18-9-16(23)20-19-8-11-7-13(21(24)25)3-5-15(11)22/h2-8,18,22H,9H2,1H3,(H,20,23)/b19-8-. The van der Waals surface area contributed by atoms with Crippen molar-refractivity contribution in [2.24, 2.45) is 5.10 Å². The molecule has 2 rings (SSSR count). The normalized spacial score (nSPS) is 10.6. The first-order valence-electron chi connectivity index (χ1n) is 7.16. The summed E-state index contributed by atoms with van der Waals surface area (Å²) in [5, 5.41) is 27.6. The van der Waals surface area contributed by atoms with Crippen LogP contribution in [-0.4, -0.2) is 28.7 Å². The Hall–Kier alpha value is -3.13. The Morgan fingerprint density at radius 3 is 2.80 bits per heavy atom. The number of carbonyl (C=O) groups is 1. The molecule has 0 bridgehead atoms. The van der Waals surface area contributed by atoms with Gasteiger partial charge < -0.3 is 10.4 Å². The minimum atomic E-state index is -0.590. The Morgan fingerprint density at radius 1 is 1.36 bits per heavy atom. The van der Waals surface area contributed by atoms with Crippen LogP contribution in [0.4, 0.5) is 11.4 Å². The van der Waals surface area contributed by atoms with Gasteiger partial charge in [0, 0.05) is 28.4 Å². The predicted molar refractivity (Wildman–Crippen MR) is 95.2 cm³/mol. The van der Waals surface area contributed by atoms with E-state index in [0.29, 0.717) is 5.02 Å². The zero-order valence-electron chi connectivity index (χ0n) is 13.2. The fraction of sp³-hybridized carbons (Fsp3) is 0.125. The molecular formula is C16H15ClN4O4. The van der Waals surface area contributed by atoms with Crippen molar-refractivity contribution >= 4 is 35.1 Å². The molecule has 0 aliphatic heterocycles. The number of hydrogen-bond donors (Lipinski definition) is 3. The van der Waals surface area contributed by atoms with Gasteiger partial charge in [-0.2, -0.15) is 5.10 Å². The number of nitro benzene ring substituents is 1. The molecule has 0 aliphatic rings. The number of nitrogens with one attached hydrogen (secondary N) is 2. The molecule has 0 aliphatic carbocycles. The number of hydrazone groups is 1. The molecule has 25 heavy (non-hydrogen) atoms. The van der Waals surface area contributed by atoms with Crippen molar-refractivity contribution in [2.75, 3.05) is 11.9 Å². The Kier molecular flexibility index (Phi) is 5.91. The Balaban J connectivity index is 1.92. The van der Waals surface area contributed by atoms with E-state index in [2.05, 4.69) is 15.8 Å². The van der Waals surface area contributed by atoms with Crippen molar-refractivity contribution in [3.05, 3.63) is 62.7 Å². The summed E-state index contributed by atoms with van der Waals surface area (Å²) in [6, 6.07) is 8.74. The molecule has 0 atom stereocenters. The first-order valence-corrected chi connectivity index (χ1v) is 7.54. The van der Waals surface area contributed by atoms with Gasteiger partial charge in [-0.15, -0.1) is 0 Å². The van der Waals surface area contributed by atoms with Gasteiger partial charge in [-0.25, -0.2) is 5.43 Å². The highest BCUT2D eigenvalue weighted by Gasteiger charge is 2.09. The van der Waals surface area contributed by atoms with Crippen molar-refractivity contribution < 1.29 is 14.8 Å². The molecule has 0 fully saturated rings. The van der Waals surface area contributed by atoms with Gasteiger partial charge in [-0.05, 0) is 36.8 Å². The summed E-state index contributed by atoms with van der Waals surface area (Å²) in [4.78, 5) is 21.9. The molecule has 1 amide bonds. The molecule has 0 unspecified atom stereocenters. The monoisotopic (exact) mass is 362 g/mol. The largest absolute Gasteiger partial charge is 0.507 e. The van der Waals surface area contributed by atoms with E-state index in [9.17, 15) is 20.0 Å². The predicted octanol–water partition coefficient (Wildman–Crippen LogP) is 2.82. The van der Waals surface area contributed by atoms with Crippen LogP contribution in [0.2, 0.25) is 5.02 Å². The van der Waals surface area contributed by atoms with Crippen molar-refractivity contribution in [2.45, 2.75) is 6.92 Å². The van der Waals surface area contributed by atoms with Gasteiger partial charge in [0.25, 0.3) is 11.6 Å². The summed E-state index contributed by atoms with van der Waals surface area (Å²) >= 11 is 5.86. The highest BCUT2D eigenvalue weighted by atomic mass is 35.5. The van der Waals surface area contributed by atoms with E-state index in [1.807, 2.05) is 6.92 Å². The maximum absolute atomic E-state index is 11.8. The summed E-state index contributed by atoms with van der Waals surface area (Å²) in [6.07, 6.45) is 1.13. The van der Waals surface area contributed by atoms with E-state index in [1.54, 1.807) is 18.2 Å². The molecular weight excluding hydrogens is 348 g/mol. The number of halogens is 1. The number of nitrogens with zero attached hydrogens (tertiary/aromatic N) is 2. The fourth-order valence-electron chi connectivity index (χ4n) is 1.97. The van der Waals surface area contributed by atoms with Crippen LogP contribution in [0, 0.1) is 17.0 Å². The van der Waals surface area contributed by atoms with Crippen LogP contribution in [0.15, 0.2) is 41.5 Å². The van der Waals surface area contributed by atoms with E-state index in [0.717, 1.165) is 23.5 Å². The summed E-state index contributed by atoms with van der Waals surface area (Å²) < 4.78 is 0. The van der Waals surface area contributed by atoms with Crippen molar-refractivity contribution in [1.82, 2.24) is 5.43 Å². The Bertz CT molecular complexity index is 839. The highest BCUT2D eigenvalue weighted by Crippen LogP contribution is 2.21. The molecule has 2 aromatic carbocycles. The first kappa shape index (κ1) is 18.2. The average Bonchev–Trinajstić information content (AvgIpc) is 2.55. The Morgan fingerprint density at radius 2 is 2.12 bits per heavy atom. The number of amides is 1. The number of carbonyl (C=O) groups excluding carboxylic acids is 1. The summed E-state index contributed by atoms with van der Waals surface area (Å²) in [7, 11) is 0. The van der Waals surface area contributed by atoms with Crippen LogP contribution in [0.25, 0.3) is 0 Å². The van der Waals surface area contributed by atoms with Crippen molar-refractivity contribution in [3.8, 4) is 5.75 Å². The lowest BCUT2D eigenvalue weighted by molar-refractivity contribution is -0.384. The maximum atomic E-state index is 11.8. The molecule has 2 aromatic rings. The minimum absolute atomic E-state index is 0.0271. The number of non-ortho nitro benzene ring substituents is 1. The lowest BCUT2D eigenvalue weighted by atomic mass is 10.2. The van der Waals surface area contributed by atoms with Gasteiger partial charge in [0.05, 0.1) is 17.7 Å². The van der Waals surface area contributed by atoms with Crippen LogP contribution in [-0.2, 0) is 4.79 Å². The van der Waals surface area contributed by atoms with Crippen molar-refractivity contribution in [1.29, 1.82) is 0 Å². The molecule has 0 heterocycles. The van der Waals surface area contributed by atoms with Gasteiger partial charge in [0.1, 0.15) is 5.75 Å². The summed E-state index contributed by atoms with van der Waals surface area (Å²) in [5.74, 6) is -0.603. The van der Waals surface area contributed by atoms with E-state index >= 15 is 0 Å². The van der Waals surface area contributed by atoms with Gasteiger partial charge in [0.2, 0.25) is 0 Å².